The van der Waals surface area contributed by atoms with Crippen LogP contribution in [0.2, 0.25) is 0 Å². The minimum absolute atomic E-state index is 0.227. The molecule has 2 nitrogen and oxygen atoms in total. The van der Waals surface area contributed by atoms with E-state index >= 15 is 0 Å². The van der Waals surface area contributed by atoms with Gasteiger partial charge in [0, 0.05) is 11.5 Å². The van der Waals surface area contributed by atoms with Crippen molar-refractivity contribution in [3.63, 3.8) is 0 Å². The van der Waals surface area contributed by atoms with Crippen LogP contribution in [0.15, 0.2) is 23.2 Å². The Labute approximate surface area is 82.7 Å². The molecule has 0 radical (unpaired) electrons. The molecule has 0 aliphatic heterocycles. The molecular formula is C11H13FN2. The van der Waals surface area contributed by atoms with Gasteiger partial charge < -0.3 is 5.73 Å². The molecule has 0 saturated heterocycles. The zero-order chi connectivity index (χ0) is 10.1. The molecule has 2 N–H and O–H groups in total. The smallest absolute Gasteiger partial charge is 0.128 e. The van der Waals surface area contributed by atoms with Crippen LogP contribution in [0.25, 0.3) is 0 Å². The van der Waals surface area contributed by atoms with E-state index in [0.717, 1.165) is 12.8 Å². The van der Waals surface area contributed by atoms with Crippen molar-refractivity contribution >= 4 is 11.5 Å². The number of aliphatic imine (C=N–C) groups is 1. The molecule has 1 saturated carbocycles. The largest absolute Gasteiger partial charge is 0.387 e. The first-order valence-corrected chi connectivity index (χ1v) is 4.77. The summed E-state index contributed by atoms with van der Waals surface area (Å²) in [4.78, 5) is 4.24. The summed E-state index contributed by atoms with van der Waals surface area (Å²) in [5.41, 5.74) is 6.97. The average molecular weight is 192 g/mol. The SMILES string of the molecule is Cc1c(F)cccc1N=C(N)C1CC1. The second-order valence-electron chi connectivity index (χ2n) is 3.69. The summed E-state index contributed by atoms with van der Waals surface area (Å²) in [6, 6.07) is 4.87. The zero-order valence-corrected chi connectivity index (χ0v) is 8.13. The normalized spacial score (nSPS) is 17.1. The van der Waals surface area contributed by atoms with Gasteiger partial charge >= 0.3 is 0 Å². The molecule has 3 heteroatoms. The monoisotopic (exact) mass is 192 g/mol. The van der Waals surface area contributed by atoms with E-state index in [9.17, 15) is 4.39 Å². The highest BCUT2D eigenvalue weighted by Gasteiger charge is 2.25. The van der Waals surface area contributed by atoms with E-state index in [4.69, 9.17) is 5.73 Å². The van der Waals surface area contributed by atoms with Gasteiger partial charge in [-0.15, -0.1) is 0 Å². The van der Waals surface area contributed by atoms with Crippen molar-refractivity contribution in [3.05, 3.63) is 29.6 Å². The molecule has 0 amide bonds. The molecule has 1 aliphatic carbocycles. The highest BCUT2D eigenvalue weighted by Crippen LogP contribution is 2.31. The summed E-state index contributed by atoms with van der Waals surface area (Å²) in [7, 11) is 0. The van der Waals surface area contributed by atoms with Crippen molar-refractivity contribution < 1.29 is 4.39 Å². The topological polar surface area (TPSA) is 38.4 Å². The lowest BCUT2D eigenvalue weighted by atomic mass is 10.2. The van der Waals surface area contributed by atoms with Crippen LogP contribution in [0.5, 0.6) is 0 Å². The van der Waals surface area contributed by atoms with Gasteiger partial charge in [0.1, 0.15) is 11.7 Å². The van der Waals surface area contributed by atoms with E-state index in [1.54, 1.807) is 19.1 Å². The fourth-order valence-electron chi connectivity index (χ4n) is 1.33. The van der Waals surface area contributed by atoms with E-state index in [1.807, 2.05) is 0 Å². The standard InChI is InChI=1S/C11H13FN2/c1-7-9(12)3-2-4-10(7)14-11(13)8-5-6-8/h2-4,8H,5-6H2,1H3,(H2,13,14). The maximum absolute atomic E-state index is 13.1. The minimum Gasteiger partial charge on any atom is -0.387 e. The summed E-state index contributed by atoms with van der Waals surface area (Å²) >= 11 is 0. The summed E-state index contributed by atoms with van der Waals surface area (Å²) in [6.07, 6.45) is 2.23. The quantitative estimate of drug-likeness (QED) is 0.567. The van der Waals surface area contributed by atoms with Crippen molar-refractivity contribution in [1.82, 2.24) is 0 Å². The van der Waals surface area contributed by atoms with Crippen molar-refractivity contribution in [2.75, 3.05) is 0 Å². The van der Waals surface area contributed by atoms with Gasteiger partial charge in [0.05, 0.1) is 5.69 Å². The summed E-state index contributed by atoms with van der Waals surface area (Å²) in [5, 5.41) is 0. The number of nitrogens with zero attached hydrogens (tertiary/aromatic N) is 1. The average Bonchev–Trinajstić information content (AvgIpc) is 2.95. The Bertz CT molecular complexity index is 381. The lowest BCUT2D eigenvalue weighted by Gasteiger charge is -2.02. The lowest BCUT2D eigenvalue weighted by molar-refractivity contribution is 0.619. The Balaban J connectivity index is 2.31. The molecule has 0 heterocycles. The predicted octanol–water partition coefficient (Wildman–Crippen LogP) is 2.53. The third-order valence-electron chi connectivity index (χ3n) is 2.48. The van der Waals surface area contributed by atoms with E-state index in [-0.39, 0.29) is 5.82 Å². The third-order valence-corrected chi connectivity index (χ3v) is 2.48. The Hall–Kier alpha value is -1.38. The lowest BCUT2D eigenvalue weighted by Crippen LogP contribution is -2.13. The third kappa shape index (κ3) is 1.76. The fourth-order valence-corrected chi connectivity index (χ4v) is 1.33. The van der Waals surface area contributed by atoms with Crippen LogP contribution < -0.4 is 5.73 Å². The molecular weight excluding hydrogens is 179 g/mol. The molecule has 1 aromatic carbocycles. The van der Waals surface area contributed by atoms with E-state index < -0.39 is 0 Å². The van der Waals surface area contributed by atoms with Crippen LogP contribution in [0.1, 0.15) is 18.4 Å². The van der Waals surface area contributed by atoms with Crippen LogP contribution >= 0.6 is 0 Å². The van der Waals surface area contributed by atoms with E-state index in [2.05, 4.69) is 4.99 Å². The summed E-state index contributed by atoms with van der Waals surface area (Å²) < 4.78 is 13.1. The molecule has 0 unspecified atom stereocenters. The first-order valence-electron chi connectivity index (χ1n) is 4.77. The van der Waals surface area contributed by atoms with Gasteiger partial charge in [0.2, 0.25) is 0 Å². The first kappa shape index (κ1) is 9.19. The van der Waals surface area contributed by atoms with Crippen LogP contribution in [0.4, 0.5) is 10.1 Å². The summed E-state index contributed by atoms with van der Waals surface area (Å²) in [6.45, 7) is 1.72. The molecule has 1 aliphatic rings. The van der Waals surface area contributed by atoms with Crippen molar-refractivity contribution in [2.24, 2.45) is 16.6 Å². The number of benzene rings is 1. The van der Waals surface area contributed by atoms with Gasteiger partial charge in [-0.05, 0) is 31.9 Å². The number of hydrogen-bond donors (Lipinski definition) is 1. The van der Waals surface area contributed by atoms with Crippen molar-refractivity contribution in [3.8, 4) is 0 Å². The van der Waals surface area contributed by atoms with Crippen molar-refractivity contribution in [1.29, 1.82) is 0 Å². The number of hydrogen-bond acceptors (Lipinski definition) is 1. The second kappa shape index (κ2) is 3.40. The van der Waals surface area contributed by atoms with Gasteiger partial charge in [0.25, 0.3) is 0 Å². The molecule has 14 heavy (non-hydrogen) atoms. The molecule has 0 spiro atoms. The molecule has 74 valence electrons. The maximum atomic E-state index is 13.1. The van der Waals surface area contributed by atoms with Crippen LogP contribution in [-0.2, 0) is 0 Å². The Morgan fingerprint density at radius 2 is 2.21 bits per heavy atom. The first-order chi connectivity index (χ1) is 6.68. The zero-order valence-electron chi connectivity index (χ0n) is 8.13. The highest BCUT2D eigenvalue weighted by atomic mass is 19.1. The minimum atomic E-state index is -0.227. The van der Waals surface area contributed by atoms with Crippen LogP contribution in [-0.4, -0.2) is 5.84 Å². The van der Waals surface area contributed by atoms with E-state index in [0.29, 0.717) is 23.0 Å². The number of nitrogens with two attached hydrogens (primary N) is 1. The Kier molecular flexibility index (Phi) is 2.23. The molecule has 2 rings (SSSR count). The van der Waals surface area contributed by atoms with Crippen molar-refractivity contribution in [2.45, 2.75) is 19.8 Å². The fraction of sp³-hybridized carbons (Fsp3) is 0.364. The number of halogens is 1. The molecule has 1 aromatic rings. The number of amidine groups is 1. The molecule has 0 bridgehead atoms. The Morgan fingerprint density at radius 1 is 1.50 bits per heavy atom. The predicted molar refractivity (Wildman–Crippen MR) is 55.1 cm³/mol. The van der Waals surface area contributed by atoms with Gasteiger partial charge in [-0.25, -0.2) is 9.38 Å². The highest BCUT2D eigenvalue weighted by molar-refractivity contribution is 5.87. The van der Waals surface area contributed by atoms with Crippen LogP contribution in [0, 0.1) is 18.7 Å². The van der Waals surface area contributed by atoms with Gasteiger partial charge in [-0.2, -0.15) is 0 Å². The van der Waals surface area contributed by atoms with Crippen LogP contribution in [0.3, 0.4) is 0 Å². The molecule has 0 atom stereocenters. The van der Waals surface area contributed by atoms with Gasteiger partial charge in [0.15, 0.2) is 0 Å². The van der Waals surface area contributed by atoms with Gasteiger partial charge in [-0.3, -0.25) is 0 Å². The maximum Gasteiger partial charge on any atom is 0.128 e. The molecule has 0 aromatic heterocycles. The summed E-state index contributed by atoms with van der Waals surface area (Å²) in [5.74, 6) is 0.839. The second-order valence-corrected chi connectivity index (χ2v) is 3.69. The number of rotatable bonds is 2. The molecule has 1 fully saturated rings. The van der Waals surface area contributed by atoms with E-state index in [1.165, 1.54) is 6.07 Å². The Morgan fingerprint density at radius 3 is 2.86 bits per heavy atom. The van der Waals surface area contributed by atoms with Gasteiger partial charge in [-0.1, -0.05) is 6.07 Å².